The minimum Gasteiger partial charge on any atom is -0.509 e. The standard InChI is InChI=1S/C8H12O4/c1-11-6-4-3-5(9)8(12-2)7(6)10/h3-4,7-10H,1-2H3. The van der Waals surface area contributed by atoms with E-state index in [0.717, 1.165) is 0 Å². The molecular weight excluding hydrogens is 160 g/mol. The lowest BCUT2D eigenvalue weighted by molar-refractivity contribution is -0.0188. The Morgan fingerprint density at radius 3 is 2.50 bits per heavy atom. The summed E-state index contributed by atoms with van der Waals surface area (Å²) in [6, 6.07) is 0. The highest BCUT2D eigenvalue weighted by Gasteiger charge is 2.29. The molecule has 0 saturated heterocycles. The van der Waals surface area contributed by atoms with Crippen LogP contribution in [0.15, 0.2) is 23.7 Å². The molecule has 0 saturated carbocycles. The van der Waals surface area contributed by atoms with Gasteiger partial charge in [-0.25, -0.2) is 0 Å². The van der Waals surface area contributed by atoms with Gasteiger partial charge in [-0.2, -0.15) is 0 Å². The van der Waals surface area contributed by atoms with E-state index < -0.39 is 12.2 Å². The van der Waals surface area contributed by atoms with Crippen LogP contribution in [0.1, 0.15) is 0 Å². The summed E-state index contributed by atoms with van der Waals surface area (Å²) >= 11 is 0. The Labute approximate surface area is 70.7 Å². The molecule has 0 spiro atoms. The fraction of sp³-hybridized carbons (Fsp3) is 0.500. The molecule has 1 aliphatic rings. The quantitative estimate of drug-likeness (QED) is 0.631. The number of allylic oxidation sites excluding steroid dienone is 2. The van der Waals surface area contributed by atoms with E-state index in [1.165, 1.54) is 26.4 Å². The Bertz CT molecular complexity index is 219. The first-order valence-electron chi connectivity index (χ1n) is 3.56. The second kappa shape index (κ2) is 3.60. The van der Waals surface area contributed by atoms with Gasteiger partial charge in [-0.1, -0.05) is 0 Å². The van der Waals surface area contributed by atoms with Gasteiger partial charge in [-0.05, 0) is 12.2 Å². The molecule has 2 N–H and O–H groups in total. The molecule has 4 nitrogen and oxygen atoms in total. The van der Waals surface area contributed by atoms with E-state index in [9.17, 15) is 10.2 Å². The highest BCUT2D eigenvalue weighted by atomic mass is 16.5. The SMILES string of the molecule is COC1=CC=C(O)C(OC)C1O. The van der Waals surface area contributed by atoms with E-state index in [1.54, 1.807) is 0 Å². The summed E-state index contributed by atoms with van der Waals surface area (Å²) in [6.07, 6.45) is 1.31. The van der Waals surface area contributed by atoms with Gasteiger partial charge < -0.3 is 19.7 Å². The highest BCUT2D eigenvalue weighted by molar-refractivity contribution is 5.24. The zero-order chi connectivity index (χ0) is 9.14. The van der Waals surface area contributed by atoms with Gasteiger partial charge in [0.15, 0.2) is 0 Å². The lowest BCUT2D eigenvalue weighted by Crippen LogP contribution is -2.34. The van der Waals surface area contributed by atoms with Crippen LogP contribution in [-0.2, 0) is 9.47 Å². The van der Waals surface area contributed by atoms with Crippen LogP contribution in [0.2, 0.25) is 0 Å². The zero-order valence-electron chi connectivity index (χ0n) is 7.02. The van der Waals surface area contributed by atoms with Crippen molar-refractivity contribution in [2.75, 3.05) is 14.2 Å². The summed E-state index contributed by atoms with van der Waals surface area (Å²) in [5.74, 6) is 0.394. The van der Waals surface area contributed by atoms with Crippen molar-refractivity contribution in [2.45, 2.75) is 12.2 Å². The fourth-order valence-corrected chi connectivity index (χ4v) is 1.11. The molecule has 0 aliphatic heterocycles. The van der Waals surface area contributed by atoms with Crippen molar-refractivity contribution in [1.82, 2.24) is 0 Å². The molecular formula is C8H12O4. The van der Waals surface area contributed by atoms with Crippen molar-refractivity contribution < 1.29 is 19.7 Å². The average molecular weight is 172 g/mol. The van der Waals surface area contributed by atoms with Gasteiger partial charge in [0, 0.05) is 7.11 Å². The first-order valence-corrected chi connectivity index (χ1v) is 3.56. The summed E-state index contributed by atoms with van der Waals surface area (Å²) in [4.78, 5) is 0. The van der Waals surface area contributed by atoms with Crippen LogP contribution >= 0.6 is 0 Å². The van der Waals surface area contributed by atoms with Gasteiger partial charge in [-0.3, -0.25) is 0 Å². The number of aliphatic hydroxyl groups excluding tert-OH is 2. The van der Waals surface area contributed by atoms with Crippen molar-refractivity contribution in [3.63, 3.8) is 0 Å². The second-order valence-electron chi connectivity index (χ2n) is 2.47. The Hall–Kier alpha value is -1.00. The van der Waals surface area contributed by atoms with Crippen LogP contribution in [0.5, 0.6) is 0 Å². The predicted octanol–water partition coefficient (Wildman–Crippen LogP) is 0.348. The topological polar surface area (TPSA) is 58.9 Å². The molecule has 2 unspecified atom stereocenters. The first-order chi connectivity index (χ1) is 5.70. The number of ether oxygens (including phenoxy) is 2. The van der Waals surface area contributed by atoms with Crippen LogP contribution in [-0.4, -0.2) is 36.6 Å². The lowest BCUT2D eigenvalue weighted by Gasteiger charge is -2.24. The monoisotopic (exact) mass is 172 g/mol. The molecule has 0 fully saturated rings. The van der Waals surface area contributed by atoms with Gasteiger partial charge in [0.25, 0.3) is 0 Å². The average Bonchev–Trinajstić information content (AvgIpc) is 2.06. The Balaban J connectivity index is 2.84. The number of methoxy groups -OCH3 is 2. The van der Waals surface area contributed by atoms with Crippen LogP contribution in [0.25, 0.3) is 0 Å². The molecule has 0 heterocycles. The van der Waals surface area contributed by atoms with Gasteiger partial charge in [0.1, 0.15) is 23.7 Å². The largest absolute Gasteiger partial charge is 0.509 e. The molecule has 1 rings (SSSR count). The summed E-state index contributed by atoms with van der Waals surface area (Å²) in [6.45, 7) is 0. The van der Waals surface area contributed by atoms with Crippen molar-refractivity contribution in [3.05, 3.63) is 23.7 Å². The van der Waals surface area contributed by atoms with Crippen LogP contribution in [0.4, 0.5) is 0 Å². The number of hydrogen-bond acceptors (Lipinski definition) is 4. The molecule has 68 valence electrons. The van der Waals surface area contributed by atoms with Crippen molar-refractivity contribution in [3.8, 4) is 0 Å². The third-order valence-electron chi connectivity index (χ3n) is 1.78. The normalized spacial score (nSPS) is 29.2. The fourth-order valence-electron chi connectivity index (χ4n) is 1.11. The van der Waals surface area contributed by atoms with Gasteiger partial charge in [-0.15, -0.1) is 0 Å². The van der Waals surface area contributed by atoms with Crippen LogP contribution in [0.3, 0.4) is 0 Å². The Kier molecular flexibility index (Phi) is 2.73. The smallest absolute Gasteiger partial charge is 0.147 e. The van der Waals surface area contributed by atoms with E-state index in [0.29, 0.717) is 5.76 Å². The molecule has 4 heteroatoms. The van der Waals surface area contributed by atoms with Crippen LogP contribution < -0.4 is 0 Å². The maximum atomic E-state index is 9.48. The zero-order valence-corrected chi connectivity index (χ0v) is 7.02. The molecule has 2 atom stereocenters. The van der Waals surface area contributed by atoms with Gasteiger partial charge in [0.05, 0.1) is 7.11 Å². The molecule has 0 aromatic carbocycles. The first kappa shape index (κ1) is 9.09. The number of aliphatic hydroxyl groups is 2. The molecule has 1 aliphatic carbocycles. The Morgan fingerprint density at radius 1 is 1.33 bits per heavy atom. The van der Waals surface area contributed by atoms with E-state index in [1.807, 2.05) is 0 Å². The maximum absolute atomic E-state index is 9.48. The highest BCUT2D eigenvalue weighted by Crippen LogP contribution is 2.20. The van der Waals surface area contributed by atoms with Crippen molar-refractivity contribution in [2.24, 2.45) is 0 Å². The third kappa shape index (κ3) is 1.44. The number of hydrogen-bond donors (Lipinski definition) is 2. The lowest BCUT2D eigenvalue weighted by atomic mass is 10.0. The van der Waals surface area contributed by atoms with Gasteiger partial charge in [0.2, 0.25) is 0 Å². The second-order valence-corrected chi connectivity index (χ2v) is 2.47. The summed E-state index contributed by atoms with van der Waals surface area (Å²) in [7, 11) is 2.87. The predicted molar refractivity (Wildman–Crippen MR) is 42.6 cm³/mol. The van der Waals surface area contributed by atoms with E-state index in [2.05, 4.69) is 0 Å². The van der Waals surface area contributed by atoms with Crippen molar-refractivity contribution in [1.29, 1.82) is 0 Å². The Morgan fingerprint density at radius 2 is 2.00 bits per heavy atom. The van der Waals surface area contributed by atoms with E-state index in [-0.39, 0.29) is 5.76 Å². The molecule has 12 heavy (non-hydrogen) atoms. The van der Waals surface area contributed by atoms with Crippen LogP contribution in [0, 0.1) is 0 Å². The molecule has 0 radical (unpaired) electrons. The molecule has 0 aromatic heterocycles. The summed E-state index contributed by atoms with van der Waals surface area (Å²) < 4.78 is 9.72. The minimum atomic E-state index is -0.926. The minimum absolute atomic E-state index is 0.00537. The molecule has 0 amide bonds. The van der Waals surface area contributed by atoms with Crippen molar-refractivity contribution >= 4 is 0 Å². The third-order valence-corrected chi connectivity index (χ3v) is 1.78. The maximum Gasteiger partial charge on any atom is 0.147 e. The summed E-state index contributed by atoms with van der Waals surface area (Å²) in [5, 5.41) is 18.7. The van der Waals surface area contributed by atoms with Gasteiger partial charge >= 0.3 is 0 Å². The number of rotatable bonds is 2. The van der Waals surface area contributed by atoms with E-state index in [4.69, 9.17) is 9.47 Å². The van der Waals surface area contributed by atoms with E-state index >= 15 is 0 Å². The summed E-state index contributed by atoms with van der Waals surface area (Å²) in [5.41, 5.74) is 0. The molecule has 0 aromatic rings. The molecule has 0 bridgehead atoms.